The van der Waals surface area contributed by atoms with Gasteiger partial charge in [-0.2, -0.15) is 11.8 Å². The van der Waals surface area contributed by atoms with E-state index in [9.17, 15) is 14.4 Å². The average molecular weight is 247 g/mol. The minimum absolute atomic E-state index is 0.0951. The van der Waals surface area contributed by atoms with Crippen molar-refractivity contribution < 1.29 is 14.4 Å². The molecule has 92 valence electrons. The quantitative estimate of drug-likeness (QED) is 0.471. The van der Waals surface area contributed by atoms with Gasteiger partial charge in [-0.15, -0.1) is 0 Å². The maximum atomic E-state index is 11.2. The Balaban J connectivity index is 3.31. The maximum absolute atomic E-state index is 11.2. The molecule has 0 fully saturated rings. The van der Waals surface area contributed by atoms with Crippen molar-refractivity contribution >= 4 is 29.5 Å². The molecule has 0 saturated carbocycles. The molecule has 0 saturated heterocycles. The third-order valence-corrected chi connectivity index (χ3v) is 2.52. The Labute approximate surface area is 98.7 Å². The van der Waals surface area contributed by atoms with E-state index < -0.39 is 0 Å². The molecule has 4 N–H and O–H groups in total. The third kappa shape index (κ3) is 10.8. The van der Waals surface area contributed by atoms with Crippen molar-refractivity contribution in [3.05, 3.63) is 0 Å². The highest BCUT2D eigenvalue weighted by molar-refractivity contribution is 7.99. The van der Waals surface area contributed by atoms with Gasteiger partial charge in [-0.25, -0.2) is 0 Å². The van der Waals surface area contributed by atoms with Gasteiger partial charge in [0.15, 0.2) is 0 Å². The lowest BCUT2D eigenvalue weighted by Crippen LogP contribution is -2.33. The van der Waals surface area contributed by atoms with Crippen molar-refractivity contribution in [2.45, 2.75) is 13.3 Å². The van der Waals surface area contributed by atoms with Crippen LogP contribution in [0.4, 0.5) is 0 Å². The van der Waals surface area contributed by atoms with Crippen LogP contribution in [0.2, 0.25) is 0 Å². The van der Waals surface area contributed by atoms with E-state index in [-0.39, 0.29) is 23.5 Å². The summed E-state index contributed by atoms with van der Waals surface area (Å²) in [6, 6.07) is 0. The molecular formula is C9H17N3O3S. The largest absolute Gasteiger partial charge is 0.369 e. The number of hydrogen-bond acceptors (Lipinski definition) is 4. The number of primary amides is 1. The number of nitrogens with one attached hydrogen (secondary N) is 2. The molecule has 0 rings (SSSR count). The monoisotopic (exact) mass is 247 g/mol. The highest BCUT2D eigenvalue weighted by Gasteiger charge is 2.01. The molecule has 16 heavy (non-hydrogen) atoms. The van der Waals surface area contributed by atoms with Crippen LogP contribution in [0.5, 0.6) is 0 Å². The van der Waals surface area contributed by atoms with Crippen LogP contribution >= 0.6 is 11.8 Å². The van der Waals surface area contributed by atoms with Crippen molar-refractivity contribution in [1.82, 2.24) is 10.6 Å². The zero-order valence-electron chi connectivity index (χ0n) is 9.25. The number of rotatable bonds is 8. The smallest absolute Gasteiger partial charge is 0.227 e. The van der Waals surface area contributed by atoms with Crippen LogP contribution in [0.1, 0.15) is 13.3 Å². The van der Waals surface area contributed by atoms with Crippen LogP contribution in [-0.4, -0.2) is 42.3 Å². The van der Waals surface area contributed by atoms with E-state index in [2.05, 4.69) is 10.6 Å². The normalized spacial score (nSPS) is 9.56. The first kappa shape index (κ1) is 14.8. The molecule has 0 aromatic rings. The zero-order chi connectivity index (χ0) is 12.4. The van der Waals surface area contributed by atoms with Gasteiger partial charge < -0.3 is 16.4 Å². The molecule has 0 heterocycles. The molecule has 0 aromatic carbocycles. The molecule has 0 bridgehead atoms. The molecule has 0 aliphatic heterocycles. The molecule has 0 radical (unpaired) electrons. The SMILES string of the molecule is CC(=O)NCCNC(=O)CCSCC(N)=O. The van der Waals surface area contributed by atoms with Crippen molar-refractivity contribution in [3.63, 3.8) is 0 Å². The van der Waals surface area contributed by atoms with Crippen LogP contribution in [-0.2, 0) is 14.4 Å². The van der Waals surface area contributed by atoms with Gasteiger partial charge in [0.1, 0.15) is 0 Å². The highest BCUT2D eigenvalue weighted by Crippen LogP contribution is 2.00. The van der Waals surface area contributed by atoms with Crippen molar-refractivity contribution in [1.29, 1.82) is 0 Å². The van der Waals surface area contributed by atoms with E-state index >= 15 is 0 Å². The van der Waals surface area contributed by atoms with Crippen molar-refractivity contribution in [2.75, 3.05) is 24.6 Å². The van der Waals surface area contributed by atoms with E-state index in [1.807, 2.05) is 0 Å². The Morgan fingerprint density at radius 2 is 1.81 bits per heavy atom. The van der Waals surface area contributed by atoms with Gasteiger partial charge in [0.25, 0.3) is 0 Å². The Hall–Kier alpha value is -1.24. The molecule has 0 spiro atoms. The minimum Gasteiger partial charge on any atom is -0.369 e. The van der Waals surface area contributed by atoms with Crippen LogP contribution in [0.25, 0.3) is 0 Å². The first-order valence-electron chi connectivity index (χ1n) is 4.89. The van der Waals surface area contributed by atoms with E-state index in [0.29, 0.717) is 25.3 Å². The molecule has 0 unspecified atom stereocenters. The average Bonchev–Trinajstić information content (AvgIpc) is 2.19. The second-order valence-corrected chi connectivity index (χ2v) is 4.21. The molecular weight excluding hydrogens is 230 g/mol. The lowest BCUT2D eigenvalue weighted by atomic mass is 10.4. The Morgan fingerprint density at radius 1 is 1.19 bits per heavy atom. The molecule has 3 amide bonds. The molecule has 7 heteroatoms. The second kappa shape index (κ2) is 9.02. The zero-order valence-corrected chi connectivity index (χ0v) is 10.1. The van der Waals surface area contributed by atoms with Crippen LogP contribution in [0.3, 0.4) is 0 Å². The number of hydrogen-bond donors (Lipinski definition) is 3. The number of carbonyl (C=O) groups is 3. The molecule has 0 aliphatic rings. The topological polar surface area (TPSA) is 101 Å². The number of carbonyl (C=O) groups excluding carboxylic acids is 3. The van der Waals surface area contributed by atoms with E-state index in [1.165, 1.54) is 18.7 Å². The molecule has 0 aliphatic carbocycles. The Kier molecular flexibility index (Phi) is 8.32. The van der Waals surface area contributed by atoms with Gasteiger partial charge in [0, 0.05) is 32.2 Å². The standard InChI is InChI=1S/C9H17N3O3S/c1-7(13)11-3-4-12-9(15)2-5-16-6-8(10)14/h2-6H2,1H3,(H2,10,14)(H,11,13)(H,12,15). The Morgan fingerprint density at radius 3 is 2.38 bits per heavy atom. The number of nitrogens with two attached hydrogens (primary N) is 1. The summed E-state index contributed by atoms with van der Waals surface area (Å²) in [5, 5.41) is 5.21. The number of amides is 3. The van der Waals surface area contributed by atoms with E-state index in [0.717, 1.165) is 0 Å². The van der Waals surface area contributed by atoms with E-state index in [4.69, 9.17) is 5.73 Å². The fourth-order valence-corrected chi connectivity index (χ4v) is 1.54. The molecule has 0 atom stereocenters. The fraction of sp³-hybridized carbons (Fsp3) is 0.667. The molecule has 0 aromatic heterocycles. The van der Waals surface area contributed by atoms with Gasteiger partial charge in [0.05, 0.1) is 5.75 Å². The highest BCUT2D eigenvalue weighted by atomic mass is 32.2. The van der Waals surface area contributed by atoms with Gasteiger partial charge in [-0.3, -0.25) is 14.4 Å². The summed E-state index contributed by atoms with van der Waals surface area (Å²) in [5.74, 6) is 0.207. The summed E-state index contributed by atoms with van der Waals surface area (Å²) in [6.07, 6.45) is 0.345. The third-order valence-electron chi connectivity index (χ3n) is 1.54. The first-order chi connectivity index (χ1) is 7.52. The van der Waals surface area contributed by atoms with Gasteiger partial charge in [-0.1, -0.05) is 0 Å². The van der Waals surface area contributed by atoms with E-state index in [1.54, 1.807) is 0 Å². The summed E-state index contributed by atoms with van der Waals surface area (Å²) in [5.41, 5.74) is 4.94. The van der Waals surface area contributed by atoms with Crippen LogP contribution < -0.4 is 16.4 Å². The lowest BCUT2D eigenvalue weighted by Gasteiger charge is -2.05. The second-order valence-electron chi connectivity index (χ2n) is 3.10. The van der Waals surface area contributed by atoms with Crippen molar-refractivity contribution in [2.24, 2.45) is 5.73 Å². The summed E-state index contributed by atoms with van der Waals surface area (Å²) in [4.78, 5) is 32.1. The Bertz CT molecular complexity index is 234. The summed E-state index contributed by atoms with van der Waals surface area (Å²) < 4.78 is 0. The summed E-state index contributed by atoms with van der Waals surface area (Å²) >= 11 is 1.33. The maximum Gasteiger partial charge on any atom is 0.227 e. The lowest BCUT2D eigenvalue weighted by molar-refractivity contribution is -0.121. The molecule has 6 nitrogen and oxygen atoms in total. The first-order valence-corrected chi connectivity index (χ1v) is 6.05. The fourth-order valence-electron chi connectivity index (χ4n) is 0.866. The summed E-state index contributed by atoms with van der Waals surface area (Å²) in [7, 11) is 0. The number of thioether (sulfide) groups is 1. The summed E-state index contributed by atoms with van der Waals surface area (Å²) in [6.45, 7) is 2.26. The van der Waals surface area contributed by atoms with Crippen molar-refractivity contribution in [3.8, 4) is 0 Å². The van der Waals surface area contributed by atoms with Crippen LogP contribution in [0.15, 0.2) is 0 Å². The van der Waals surface area contributed by atoms with Gasteiger partial charge >= 0.3 is 0 Å². The predicted molar refractivity (Wildman–Crippen MR) is 62.8 cm³/mol. The predicted octanol–water partition coefficient (Wildman–Crippen LogP) is -1.15. The minimum atomic E-state index is -0.379. The van der Waals surface area contributed by atoms with Crippen LogP contribution in [0, 0.1) is 0 Å². The van der Waals surface area contributed by atoms with Gasteiger partial charge in [0.2, 0.25) is 17.7 Å². The van der Waals surface area contributed by atoms with Gasteiger partial charge in [-0.05, 0) is 0 Å².